The van der Waals surface area contributed by atoms with Crippen molar-refractivity contribution in [3.8, 4) is 0 Å². The van der Waals surface area contributed by atoms with Crippen LogP contribution in [0.1, 0.15) is 26.5 Å². The molecule has 0 radical (unpaired) electrons. The standard InChI is InChI=1S/C10H16N2O/c1-8(2)6-12-5-4-9(11-12)10(3)7-13-10/h4-5,8H,6-7H2,1-3H3. The normalized spacial score (nSPS) is 26.8. The van der Waals surface area contributed by atoms with Crippen molar-refractivity contribution in [3.63, 3.8) is 0 Å². The van der Waals surface area contributed by atoms with Crippen LogP contribution in [0.4, 0.5) is 0 Å². The molecule has 1 fully saturated rings. The molecule has 0 aliphatic carbocycles. The van der Waals surface area contributed by atoms with E-state index in [2.05, 4.69) is 31.9 Å². The van der Waals surface area contributed by atoms with Crippen LogP contribution in [-0.4, -0.2) is 16.4 Å². The van der Waals surface area contributed by atoms with Gasteiger partial charge in [-0.15, -0.1) is 0 Å². The molecule has 1 aromatic heterocycles. The lowest BCUT2D eigenvalue weighted by Gasteiger charge is -2.04. The molecule has 0 amide bonds. The van der Waals surface area contributed by atoms with E-state index in [-0.39, 0.29) is 5.60 Å². The molecule has 2 heterocycles. The minimum atomic E-state index is -0.0811. The van der Waals surface area contributed by atoms with Gasteiger partial charge in [-0.25, -0.2) is 0 Å². The zero-order valence-corrected chi connectivity index (χ0v) is 8.45. The molecule has 0 spiro atoms. The molecule has 1 aromatic rings. The Labute approximate surface area is 78.7 Å². The summed E-state index contributed by atoms with van der Waals surface area (Å²) >= 11 is 0. The molecule has 13 heavy (non-hydrogen) atoms. The Hall–Kier alpha value is -0.830. The van der Waals surface area contributed by atoms with E-state index in [0.29, 0.717) is 5.92 Å². The molecule has 2 rings (SSSR count). The Balaban J connectivity index is 2.09. The third kappa shape index (κ3) is 1.75. The first-order chi connectivity index (χ1) is 6.10. The molecule has 1 atom stereocenters. The molecular weight excluding hydrogens is 164 g/mol. The molecule has 3 heteroatoms. The lowest BCUT2D eigenvalue weighted by molar-refractivity contribution is 0.320. The van der Waals surface area contributed by atoms with Gasteiger partial charge in [0.25, 0.3) is 0 Å². The highest BCUT2D eigenvalue weighted by Gasteiger charge is 2.43. The van der Waals surface area contributed by atoms with Crippen molar-refractivity contribution in [1.29, 1.82) is 0 Å². The summed E-state index contributed by atoms with van der Waals surface area (Å²) in [6, 6.07) is 2.05. The molecule has 0 bridgehead atoms. The number of hydrogen-bond donors (Lipinski definition) is 0. The quantitative estimate of drug-likeness (QED) is 0.664. The van der Waals surface area contributed by atoms with Gasteiger partial charge in [-0.1, -0.05) is 13.8 Å². The van der Waals surface area contributed by atoms with Gasteiger partial charge < -0.3 is 4.74 Å². The van der Waals surface area contributed by atoms with E-state index >= 15 is 0 Å². The van der Waals surface area contributed by atoms with Gasteiger partial charge in [-0.3, -0.25) is 4.68 Å². The Morgan fingerprint density at radius 2 is 2.38 bits per heavy atom. The van der Waals surface area contributed by atoms with Gasteiger partial charge in [0.1, 0.15) is 5.60 Å². The van der Waals surface area contributed by atoms with Crippen molar-refractivity contribution in [1.82, 2.24) is 9.78 Å². The van der Waals surface area contributed by atoms with Crippen LogP contribution in [0.25, 0.3) is 0 Å². The molecule has 0 N–H and O–H groups in total. The van der Waals surface area contributed by atoms with Crippen LogP contribution in [-0.2, 0) is 16.9 Å². The molecule has 72 valence electrons. The zero-order valence-electron chi connectivity index (χ0n) is 8.45. The highest BCUT2D eigenvalue weighted by atomic mass is 16.6. The van der Waals surface area contributed by atoms with Gasteiger partial charge in [-0.2, -0.15) is 5.10 Å². The number of ether oxygens (including phenoxy) is 1. The summed E-state index contributed by atoms with van der Waals surface area (Å²) in [6.45, 7) is 8.25. The van der Waals surface area contributed by atoms with Gasteiger partial charge in [0, 0.05) is 12.7 Å². The topological polar surface area (TPSA) is 30.4 Å². The maximum atomic E-state index is 5.32. The van der Waals surface area contributed by atoms with Crippen molar-refractivity contribution in [2.75, 3.05) is 6.61 Å². The third-order valence-electron chi connectivity index (χ3n) is 2.31. The van der Waals surface area contributed by atoms with Gasteiger partial charge in [-0.05, 0) is 18.9 Å². The van der Waals surface area contributed by atoms with Crippen molar-refractivity contribution in [2.45, 2.75) is 32.9 Å². The Kier molecular flexibility index (Phi) is 1.91. The average molecular weight is 180 g/mol. The third-order valence-corrected chi connectivity index (χ3v) is 2.31. The van der Waals surface area contributed by atoms with E-state index in [1.807, 2.05) is 10.9 Å². The minimum Gasteiger partial charge on any atom is -0.363 e. The summed E-state index contributed by atoms with van der Waals surface area (Å²) in [6.07, 6.45) is 2.03. The first kappa shape index (κ1) is 8.75. The summed E-state index contributed by atoms with van der Waals surface area (Å²) in [7, 11) is 0. The Morgan fingerprint density at radius 3 is 2.92 bits per heavy atom. The molecule has 1 saturated heterocycles. The summed E-state index contributed by atoms with van der Waals surface area (Å²) in [4.78, 5) is 0. The average Bonchev–Trinajstić information content (AvgIpc) is 2.62. The van der Waals surface area contributed by atoms with Crippen molar-refractivity contribution >= 4 is 0 Å². The maximum absolute atomic E-state index is 5.32. The van der Waals surface area contributed by atoms with E-state index < -0.39 is 0 Å². The first-order valence-corrected chi connectivity index (χ1v) is 4.78. The largest absolute Gasteiger partial charge is 0.363 e. The second kappa shape index (κ2) is 2.84. The van der Waals surface area contributed by atoms with E-state index in [1.54, 1.807) is 0 Å². The van der Waals surface area contributed by atoms with E-state index in [4.69, 9.17) is 4.74 Å². The SMILES string of the molecule is CC(C)Cn1ccc(C2(C)CO2)n1. The van der Waals surface area contributed by atoms with Crippen LogP contribution in [0, 0.1) is 5.92 Å². The van der Waals surface area contributed by atoms with E-state index in [9.17, 15) is 0 Å². The van der Waals surface area contributed by atoms with Crippen LogP contribution in [0.3, 0.4) is 0 Å². The van der Waals surface area contributed by atoms with Gasteiger partial charge >= 0.3 is 0 Å². The number of nitrogens with zero attached hydrogens (tertiary/aromatic N) is 2. The summed E-state index contributed by atoms with van der Waals surface area (Å²) < 4.78 is 7.32. The predicted molar refractivity (Wildman–Crippen MR) is 50.4 cm³/mol. The van der Waals surface area contributed by atoms with Gasteiger partial charge in [0.2, 0.25) is 0 Å². The van der Waals surface area contributed by atoms with Gasteiger partial charge in [0.05, 0.1) is 12.3 Å². The second-order valence-corrected chi connectivity index (χ2v) is 4.34. The molecular formula is C10H16N2O. The number of hydrogen-bond acceptors (Lipinski definition) is 2. The fraction of sp³-hybridized carbons (Fsp3) is 0.700. The molecule has 1 aliphatic heterocycles. The van der Waals surface area contributed by atoms with E-state index in [1.165, 1.54) is 0 Å². The fourth-order valence-corrected chi connectivity index (χ4v) is 1.38. The Morgan fingerprint density at radius 1 is 1.69 bits per heavy atom. The lowest BCUT2D eigenvalue weighted by atomic mass is 10.1. The summed E-state index contributed by atoms with van der Waals surface area (Å²) in [5, 5.41) is 4.48. The maximum Gasteiger partial charge on any atom is 0.132 e. The first-order valence-electron chi connectivity index (χ1n) is 4.78. The summed E-state index contributed by atoms with van der Waals surface area (Å²) in [5.74, 6) is 0.640. The molecule has 1 aliphatic rings. The highest BCUT2D eigenvalue weighted by Crippen LogP contribution is 2.36. The van der Waals surface area contributed by atoms with E-state index in [0.717, 1.165) is 18.8 Å². The molecule has 3 nitrogen and oxygen atoms in total. The van der Waals surface area contributed by atoms with Crippen LogP contribution < -0.4 is 0 Å². The zero-order chi connectivity index (χ0) is 9.47. The van der Waals surface area contributed by atoms with Gasteiger partial charge in [0.15, 0.2) is 0 Å². The molecule has 0 aromatic carbocycles. The fourth-order valence-electron chi connectivity index (χ4n) is 1.38. The number of epoxide rings is 1. The smallest absolute Gasteiger partial charge is 0.132 e. The van der Waals surface area contributed by atoms with Crippen molar-refractivity contribution in [2.24, 2.45) is 5.92 Å². The number of rotatable bonds is 3. The lowest BCUT2D eigenvalue weighted by Crippen LogP contribution is -2.08. The highest BCUT2D eigenvalue weighted by molar-refractivity contribution is 5.15. The summed E-state index contributed by atoms with van der Waals surface area (Å²) in [5.41, 5.74) is 0.982. The number of aromatic nitrogens is 2. The van der Waals surface area contributed by atoms with Crippen molar-refractivity contribution in [3.05, 3.63) is 18.0 Å². The predicted octanol–water partition coefficient (Wildman–Crippen LogP) is 1.78. The second-order valence-electron chi connectivity index (χ2n) is 4.34. The van der Waals surface area contributed by atoms with Crippen LogP contribution >= 0.6 is 0 Å². The monoisotopic (exact) mass is 180 g/mol. The van der Waals surface area contributed by atoms with Crippen LogP contribution in [0.15, 0.2) is 12.3 Å². The van der Waals surface area contributed by atoms with Crippen LogP contribution in [0.2, 0.25) is 0 Å². The molecule has 0 saturated carbocycles. The van der Waals surface area contributed by atoms with Crippen molar-refractivity contribution < 1.29 is 4.74 Å². The molecule has 1 unspecified atom stereocenters. The Bertz CT molecular complexity index is 300. The van der Waals surface area contributed by atoms with Crippen LogP contribution in [0.5, 0.6) is 0 Å². The minimum absolute atomic E-state index is 0.0811.